The summed E-state index contributed by atoms with van der Waals surface area (Å²) < 4.78 is 10.7. The first kappa shape index (κ1) is 11.7. The van der Waals surface area contributed by atoms with Gasteiger partial charge in [0.05, 0.1) is 12.6 Å². The van der Waals surface area contributed by atoms with Crippen LogP contribution in [-0.2, 0) is 6.54 Å². The number of aromatic nitrogens is 1. The Balaban J connectivity index is 2.26. The molecule has 0 unspecified atom stereocenters. The second-order valence-electron chi connectivity index (χ2n) is 4.08. The molecular formula is C13H16N2O2. The van der Waals surface area contributed by atoms with Crippen LogP contribution < -0.4 is 10.5 Å². The van der Waals surface area contributed by atoms with E-state index in [1.54, 1.807) is 0 Å². The Hall–Kier alpha value is -1.81. The maximum Gasteiger partial charge on any atom is 0.150 e. The number of nitrogens with two attached hydrogens (primary N) is 1. The van der Waals surface area contributed by atoms with Gasteiger partial charge in [-0.2, -0.15) is 0 Å². The lowest BCUT2D eigenvalue weighted by Crippen LogP contribution is -2.05. The molecule has 0 bridgehead atoms. The molecule has 0 spiro atoms. The van der Waals surface area contributed by atoms with Crippen LogP contribution >= 0.6 is 0 Å². The van der Waals surface area contributed by atoms with Crippen LogP contribution in [-0.4, -0.2) is 11.3 Å². The number of hydrogen-bond acceptors (Lipinski definition) is 4. The zero-order chi connectivity index (χ0) is 12.3. The van der Waals surface area contributed by atoms with Gasteiger partial charge < -0.3 is 15.0 Å². The SMILES string of the molecule is CC(C)Oc1cccc(-c2cc(CN)on2)c1. The lowest BCUT2D eigenvalue weighted by molar-refractivity contribution is 0.242. The molecule has 0 fully saturated rings. The number of benzene rings is 1. The average Bonchev–Trinajstić information content (AvgIpc) is 2.77. The average molecular weight is 232 g/mol. The molecular weight excluding hydrogens is 216 g/mol. The van der Waals surface area contributed by atoms with E-state index in [-0.39, 0.29) is 6.10 Å². The molecule has 0 aliphatic carbocycles. The third-order valence-corrected chi connectivity index (χ3v) is 2.26. The van der Waals surface area contributed by atoms with Crippen molar-refractivity contribution in [2.24, 2.45) is 5.73 Å². The van der Waals surface area contributed by atoms with Gasteiger partial charge in [0.1, 0.15) is 11.4 Å². The highest BCUT2D eigenvalue weighted by molar-refractivity contribution is 5.60. The summed E-state index contributed by atoms with van der Waals surface area (Å²) in [6.07, 6.45) is 0.155. The minimum atomic E-state index is 0.155. The first-order chi connectivity index (χ1) is 8.19. The van der Waals surface area contributed by atoms with Gasteiger partial charge in [-0.05, 0) is 26.0 Å². The Morgan fingerprint density at radius 2 is 2.18 bits per heavy atom. The van der Waals surface area contributed by atoms with E-state index in [1.165, 1.54) is 0 Å². The first-order valence-electron chi connectivity index (χ1n) is 5.62. The van der Waals surface area contributed by atoms with E-state index in [0.29, 0.717) is 12.3 Å². The predicted molar refractivity (Wildman–Crippen MR) is 65.6 cm³/mol. The smallest absolute Gasteiger partial charge is 0.150 e. The number of hydrogen-bond donors (Lipinski definition) is 1. The molecule has 0 atom stereocenters. The van der Waals surface area contributed by atoms with E-state index in [1.807, 2.05) is 44.2 Å². The highest BCUT2D eigenvalue weighted by Crippen LogP contribution is 2.24. The minimum absolute atomic E-state index is 0.155. The molecule has 2 N–H and O–H groups in total. The van der Waals surface area contributed by atoms with E-state index in [9.17, 15) is 0 Å². The normalized spacial score (nSPS) is 10.8. The fraction of sp³-hybridized carbons (Fsp3) is 0.308. The zero-order valence-corrected chi connectivity index (χ0v) is 10.0. The van der Waals surface area contributed by atoms with Crippen LogP contribution in [0.4, 0.5) is 0 Å². The van der Waals surface area contributed by atoms with E-state index < -0.39 is 0 Å². The summed E-state index contributed by atoms with van der Waals surface area (Å²) in [5.41, 5.74) is 7.22. The summed E-state index contributed by atoms with van der Waals surface area (Å²) in [4.78, 5) is 0. The fourth-order valence-electron chi connectivity index (χ4n) is 1.55. The van der Waals surface area contributed by atoms with Crippen LogP contribution in [0.15, 0.2) is 34.9 Å². The molecule has 1 heterocycles. The van der Waals surface area contributed by atoms with Crippen LogP contribution in [0.25, 0.3) is 11.3 Å². The molecule has 2 aromatic rings. The summed E-state index contributed by atoms with van der Waals surface area (Å²) in [5.74, 6) is 1.50. The van der Waals surface area contributed by atoms with E-state index in [2.05, 4.69) is 5.16 Å². The van der Waals surface area contributed by atoms with Crippen LogP contribution in [0.2, 0.25) is 0 Å². The van der Waals surface area contributed by atoms with Crippen molar-refractivity contribution >= 4 is 0 Å². The topological polar surface area (TPSA) is 61.3 Å². The van der Waals surface area contributed by atoms with Crippen molar-refractivity contribution in [1.29, 1.82) is 0 Å². The van der Waals surface area contributed by atoms with Gasteiger partial charge in [-0.3, -0.25) is 0 Å². The second-order valence-corrected chi connectivity index (χ2v) is 4.08. The summed E-state index contributed by atoms with van der Waals surface area (Å²) in [6, 6.07) is 9.61. The summed E-state index contributed by atoms with van der Waals surface area (Å²) in [6.45, 7) is 4.35. The first-order valence-corrected chi connectivity index (χ1v) is 5.62. The van der Waals surface area contributed by atoms with Crippen molar-refractivity contribution in [1.82, 2.24) is 5.16 Å². The lowest BCUT2D eigenvalue weighted by atomic mass is 10.1. The molecule has 0 aliphatic heterocycles. The van der Waals surface area contributed by atoms with Crippen LogP contribution in [0.5, 0.6) is 5.75 Å². The molecule has 0 saturated heterocycles. The third-order valence-electron chi connectivity index (χ3n) is 2.26. The standard InChI is InChI=1S/C13H16N2O2/c1-9(2)16-11-5-3-4-10(6-11)13-7-12(8-14)17-15-13/h3-7,9H,8,14H2,1-2H3. The third kappa shape index (κ3) is 2.85. The van der Waals surface area contributed by atoms with Gasteiger partial charge in [0.25, 0.3) is 0 Å². The molecule has 0 saturated carbocycles. The molecule has 4 heteroatoms. The van der Waals surface area contributed by atoms with E-state index >= 15 is 0 Å². The number of nitrogens with zero attached hydrogens (tertiary/aromatic N) is 1. The van der Waals surface area contributed by atoms with Crippen molar-refractivity contribution in [3.8, 4) is 17.0 Å². The Morgan fingerprint density at radius 3 is 2.82 bits per heavy atom. The van der Waals surface area contributed by atoms with Gasteiger partial charge in [-0.1, -0.05) is 17.3 Å². The molecule has 2 rings (SSSR count). The van der Waals surface area contributed by atoms with Gasteiger partial charge in [-0.25, -0.2) is 0 Å². The molecule has 1 aromatic heterocycles. The molecule has 4 nitrogen and oxygen atoms in total. The van der Waals surface area contributed by atoms with Crippen LogP contribution in [0, 0.1) is 0 Å². The summed E-state index contributed by atoms with van der Waals surface area (Å²) >= 11 is 0. The van der Waals surface area contributed by atoms with Gasteiger partial charge in [0, 0.05) is 11.6 Å². The quantitative estimate of drug-likeness (QED) is 0.880. The van der Waals surface area contributed by atoms with Gasteiger partial charge in [0.15, 0.2) is 5.76 Å². The molecule has 0 aliphatic rings. The van der Waals surface area contributed by atoms with Crippen molar-refractivity contribution in [2.75, 3.05) is 0 Å². The Labute approximate surface area is 100 Å². The zero-order valence-electron chi connectivity index (χ0n) is 10.0. The van der Waals surface area contributed by atoms with E-state index in [0.717, 1.165) is 17.0 Å². The van der Waals surface area contributed by atoms with Crippen molar-refractivity contribution in [3.63, 3.8) is 0 Å². The lowest BCUT2D eigenvalue weighted by Gasteiger charge is -2.09. The molecule has 0 amide bonds. The Kier molecular flexibility index (Phi) is 3.44. The highest BCUT2D eigenvalue weighted by atomic mass is 16.5. The summed E-state index contributed by atoms with van der Waals surface area (Å²) in [5, 5.41) is 3.97. The van der Waals surface area contributed by atoms with Gasteiger partial charge in [0.2, 0.25) is 0 Å². The van der Waals surface area contributed by atoms with E-state index in [4.69, 9.17) is 15.0 Å². The van der Waals surface area contributed by atoms with Crippen molar-refractivity contribution in [2.45, 2.75) is 26.5 Å². The van der Waals surface area contributed by atoms with Crippen LogP contribution in [0.3, 0.4) is 0 Å². The summed E-state index contributed by atoms with van der Waals surface area (Å²) in [7, 11) is 0. The molecule has 17 heavy (non-hydrogen) atoms. The largest absolute Gasteiger partial charge is 0.491 e. The minimum Gasteiger partial charge on any atom is -0.491 e. The van der Waals surface area contributed by atoms with Crippen molar-refractivity contribution in [3.05, 3.63) is 36.1 Å². The number of rotatable bonds is 4. The maximum atomic E-state index is 5.63. The highest BCUT2D eigenvalue weighted by Gasteiger charge is 2.06. The monoisotopic (exact) mass is 232 g/mol. The molecule has 0 radical (unpaired) electrons. The van der Waals surface area contributed by atoms with Gasteiger partial charge >= 0.3 is 0 Å². The van der Waals surface area contributed by atoms with Crippen molar-refractivity contribution < 1.29 is 9.26 Å². The van der Waals surface area contributed by atoms with Gasteiger partial charge in [-0.15, -0.1) is 0 Å². The molecule has 1 aromatic carbocycles. The maximum absolute atomic E-state index is 5.63. The Morgan fingerprint density at radius 1 is 1.35 bits per heavy atom. The molecule has 90 valence electrons. The van der Waals surface area contributed by atoms with Crippen LogP contribution in [0.1, 0.15) is 19.6 Å². The predicted octanol–water partition coefficient (Wildman–Crippen LogP) is 2.59. The fourth-order valence-corrected chi connectivity index (χ4v) is 1.55. The Bertz CT molecular complexity index is 492. The number of ether oxygens (including phenoxy) is 1. The second kappa shape index (κ2) is 5.01.